The highest BCUT2D eigenvalue weighted by Gasteiger charge is 2.20. The molecule has 0 saturated heterocycles. The first-order valence-electron chi connectivity index (χ1n) is 7.36. The van der Waals surface area contributed by atoms with E-state index in [9.17, 15) is 0 Å². The largest absolute Gasteiger partial charge is 0.384 e. The quantitative estimate of drug-likeness (QED) is 0.894. The minimum atomic E-state index is 0.559. The van der Waals surface area contributed by atoms with Gasteiger partial charge >= 0.3 is 0 Å². The zero-order valence-electron chi connectivity index (χ0n) is 12.2. The van der Waals surface area contributed by atoms with E-state index < -0.39 is 0 Å². The third kappa shape index (κ3) is 2.40. The minimum Gasteiger partial charge on any atom is -0.384 e. The molecule has 2 N–H and O–H groups in total. The van der Waals surface area contributed by atoms with Crippen LogP contribution in [0.4, 0.5) is 5.82 Å². The van der Waals surface area contributed by atoms with Crippen molar-refractivity contribution in [1.29, 1.82) is 0 Å². The van der Waals surface area contributed by atoms with E-state index in [0.29, 0.717) is 11.7 Å². The zero-order valence-corrected chi connectivity index (χ0v) is 12.2. The zero-order chi connectivity index (χ0) is 14.1. The molecule has 1 aromatic heterocycles. The Hall–Kier alpha value is -1.90. The molecule has 0 bridgehead atoms. The molecule has 3 nitrogen and oxygen atoms in total. The summed E-state index contributed by atoms with van der Waals surface area (Å²) >= 11 is 0. The fourth-order valence-electron chi connectivity index (χ4n) is 3.20. The molecule has 1 heterocycles. The Bertz CT molecular complexity index is 608. The first-order valence-corrected chi connectivity index (χ1v) is 7.36. The molecule has 3 heteroatoms. The SMILES string of the molecule is Cc1cccc(C)c1-c1nc(N)cc(C2CCCC2)n1. The second kappa shape index (κ2) is 5.23. The molecule has 1 aromatic carbocycles. The molecule has 0 radical (unpaired) electrons. The molecule has 1 fully saturated rings. The van der Waals surface area contributed by atoms with Crippen LogP contribution in [-0.2, 0) is 0 Å². The summed E-state index contributed by atoms with van der Waals surface area (Å²) < 4.78 is 0. The van der Waals surface area contributed by atoms with Crippen LogP contribution in [0.15, 0.2) is 24.3 Å². The van der Waals surface area contributed by atoms with Gasteiger partial charge < -0.3 is 5.73 Å². The maximum absolute atomic E-state index is 6.01. The van der Waals surface area contributed by atoms with Crippen LogP contribution >= 0.6 is 0 Å². The smallest absolute Gasteiger partial charge is 0.162 e. The average Bonchev–Trinajstić information content (AvgIpc) is 2.91. The van der Waals surface area contributed by atoms with Gasteiger partial charge in [0.15, 0.2) is 5.82 Å². The van der Waals surface area contributed by atoms with Gasteiger partial charge in [0.05, 0.1) is 0 Å². The van der Waals surface area contributed by atoms with Crippen molar-refractivity contribution in [2.24, 2.45) is 0 Å². The number of nitrogens with two attached hydrogens (primary N) is 1. The van der Waals surface area contributed by atoms with E-state index in [1.54, 1.807) is 0 Å². The van der Waals surface area contributed by atoms with Gasteiger partial charge in [-0.25, -0.2) is 9.97 Å². The lowest BCUT2D eigenvalue weighted by atomic mass is 10.0. The number of aromatic nitrogens is 2. The van der Waals surface area contributed by atoms with Crippen molar-refractivity contribution in [1.82, 2.24) is 9.97 Å². The van der Waals surface area contributed by atoms with Crippen LogP contribution in [0.3, 0.4) is 0 Å². The maximum Gasteiger partial charge on any atom is 0.162 e. The molecular formula is C17H21N3. The molecule has 20 heavy (non-hydrogen) atoms. The Morgan fingerprint density at radius 1 is 1.05 bits per heavy atom. The molecule has 104 valence electrons. The minimum absolute atomic E-state index is 0.559. The van der Waals surface area contributed by atoms with Crippen LogP contribution in [0.5, 0.6) is 0 Å². The van der Waals surface area contributed by atoms with E-state index in [4.69, 9.17) is 10.7 Å². The van der Waals surface area contributed by atoms with Gasteiger partial charge in [-0.1, -0.05) is 31.0 Å². The second-order valence-electron chi connectivity index (χ2n) is 5.79. The predicted molar refractivity (Wildman–Crippen MR) is 82.6 cm³/mol. The Morgan fingerprint density at radius 2 is 1.70 bits per heavy atom. The van der Waals surface area contributed by atoms with Gasteiger partial charge in [-0.2, -0.15) is 0 Å². The summed E-state index contributed by atoms with van der Waals surface area (Å²) in [5.41, 5.74) is 10.7. The molecule has 0 aliphatic heterocycles. The van der Waals surface area contributed by atoms with Gasteiger partial charge in [0.1, 0.15) is 5.82 Å². The van der Waals surface area contributed by atoms with Crippen molar-refractivity contribution in [3.8, 4) is 11.4 Å². The Kier molecular flexibility index (Phi) is 3.43. The molecule has 0 spiro atoms. The molecule has 1 saturated carbocycles. The number of aryl methyl sites for hydroxylation is 2. The molecule has 0 unspecified atom stereocenters. The van der Waals surface area contributed by atoms with E-state index in [1.807, 2.05) is 6.07 Å². The van der Waals surface area contributed by atoms with E-state index in [1.165, 1.54) is 36.8 Å². The number of rotatable bonds is 2. The van der Waals surface area contributed by atoms with Crippen molar-refractivity contribution in [2.75, 3.05) is 5.73 Å². The van der Waals surface area contributed by atoms with Crippen molar-refractivity contribution >= 4 is 5.82 Å². The average molecular weight is 267 g/mol. The van der Waals surface area contributed by atoms with Gasteiger partial charge in [0.2, 0.25) is 0 Å². The number of nitrogens with zero attached hydrogens (tertiary/aromatic N) is 2. The highest BCUT2D eigenvalue weighted by molar-refractivity contribution is 5.65. The van der Waals surface area contributed by atoms with E-state index >= 15 is 0 Å². The lowest BCUT2D eigenvalue weighted by Crippen LogP contribution is -2.04. The van der Waals surface area contributed by atoms with Crippen molar-refractivity contribution in [3.63, 3.8) is 0 Å². The Balaban J connectivity index is 2.09. The van der Waals surface area contributed by atoms with Crippen LogP contribution in [0.25, 0.3) is 11.4 Å². The van der Waals surface area contributed by atoms with Crippen molar-refractivity contribution in [3.05, 3.63) is 41.1 Å². The molecule has 3 rings (SSSR count). The monoisotopic (exact) mass is 267 g/mol. The van der Waals surface area contributed by atoms with E-state index in [2.05, 4.69) is 37.0 Å². The fourth-order valence-corrected chi connectivity index (χ4v) is 3.20. The van der Waals surface area contributed by atoms with Crippen LogP contribution in [-0.4, -0.2) is 9.97 Å². The molecule has 0 atom stereocenters. The molecule has 0 amide bonds. The van der Waals surface area contributed by atoms with E-state index in [0.717, 1.165) is 17.1 Å². The van der Waals surface area contributed by atoms with Crippen LogP contribution < -0.4 is 5.73 Å². The highest BCUT2D eigenvalue weighted by atomic mass is 14.9. The van der Waals surface area contributed by atoms with Gasteiger partial charge in [0, 0.05) is 23.2 Å². The van der Waals surface area contributed by atoms with Crippen LogP contribution in [0.2, 0.25) is 0 Å². The first kappa shape index (κ1) is 13.1. The topological polar surface area (TPSA) is 51.8 Å². The Morgan fingerprint density at radius 3 is 2.35 bits per heavy atom. The molecule has 1 aliphatic carbocycles. The number of benzene rings is 1. The van der Waals surface area contributed by atoms with Crippen molar-refractivity contribution < 1.29 is 0 Å². The molecular weight excluding hydrogens is 246 g/mol. The summed E-state index contributed by atoms with van der Waals surface area (Å²) in [4.78, 5) is 9.28. The molecule has 1 aliphatic rings. The van der Waals surface area contributed by atoms with Gasteiger partial charge in [-0.3, -0.25) is 0 Å². The van der Waals surface area contributed by atoms with Gasteiger partial charge in [0.25, 0.3) is 0 Å². The summed E-state index contributed by atoms with van der Waals surface area (Å²) in [6.45, 7) is 4.20. The third-order valence-corrected chi connectivity index (χ3v) is 4.24. The Labute approximate surface area is 120 Å². The summed E-state index contributed by atoms with van der Waals surface area (Å²) in [5.74, 6) is 1.92. The summed E-state index contributed by atoms with van der Waals surface area (Å²) in [5, 5.41) is 0. The number of hydrogen-bond acceptors (Lipinski definition) is 3. The van der Waals surface area contributed by atoms with E-state index in [-0.39, 0.29) is 0 Å². The maximum atomic E-state index is 6.01. The lowest BCUT2D eigenvalue weighted by molar-refractivity contribution is 0.696. The van der Waals surface area contributed by atoms with Crippen LogP contribution in [0, 0.1) is 13.8 Å². The number of hydrogen-bond donors (Lipinski definition) is 1. The third-order valence-electron chi connectivity index (χ3n) is 4.24. The van der Waals surface area contributed by atoms with Gasteiger partial charge in [-0.05, 0) is 37.8 Å². The van der Waals surface area contributed by atoms with Gasteiger partial charge in [-0.15, -0.1) is 0 Å². The van der Waals surface area contributed by atoms with Crippen LogP contribution in [0.1, 0.15) is 48.4 Å². The normalized spacial score (nSPS) is 15.7. The predicted octanol–water partition coefficient (Wildman–Crippen LogP) is 4.00. The van der Waals surface area contributed by atoms with Crippen molar-refractivity contribution in [2.45, 2.75) is 45.4 Å². The highest BCUT2D eigenvalue weighted by Crippen LogP contribution is 2.35. The summed E-state index contributed by atoms with van der Waals surface area (Å²) in [6, 6.07) is 8.22. The fraction of sp³-hybridized carbons (Fsp3) is 0.412. The lowest BCUT2D eigenvalue weighted by Gasteiger charge is -2.13. The summed E-state index contributed by atoms with van der Waals surface area (Å²) in [7, 11) is 0. The second-order valence-corrected chi connectivity index (χ2v) is 5.79. The number of nitrogen functional groups attached to an aromatic ring is 1. The standard InChI is InChI=1S/C17H21N3/c1-11-6-5-7-12(2)16(11)17-19-14(10-15(18)20-17)13-8-3-4-9-13/h5-7,10,13H,3-4,8-9H2,1-2H3,(H2,18,19,20). The summed E-state index contributed by atoms with van der Waals surface area (Å²) in [6.07, 6.45) is 5.05. The molecule has 2 aromatic rings. The number of anilines is 1. The first-order chi connectivity index (χ1) is 9.65.